The van der Waals surface area contributed by atoms with Crippen molar-refractivity contribution in [3.8, 4) is 0 Å². The maximum atomic E-state index is 12.9. The summed E-state index contributed by atoms with van der Waals surface area (Å²) in [6.07, 6.45) is 1.78. The van der Waals surface area contributed by atoms with Crippen LogP contribution < -0.4 is 4.90 Å². The lowest BCUT2D eigenvalue weighted by atomic mass is 10.1. The van der Waals surface area contributed by atoms with Gasteiger partial charge in [-0.05, 0) is 47.8 Å². The van der Waals surface area contributed by atoms with Gasteiger partial charge >= 0.3 is 5.97 Å². The second-order valence-electron chi connectivity index (χ2n) is 6.35. The van der Waals surface area contributed by atoms with Gasteiger partial charge in [-0.3, -0.25) is 9.59 Å². The van der Waals surface area contributed by atoms with Crippen molar-refractivity contribution >= 4 is 39.4 Å². The maximum Gasteiger partial charge on any atom is 0.326 e. The minimum absolute atomic E-state index is 0.00351. The minimum Gasteiger partial charge on any atom is -0.480 e. The summed E-state index contributed by atoms with van der Waals surface area (Å²) in [6.45, 7) is 1.82. The normalized spacial score (nSPS) is 21.7. The van der Waals surface area contributed by atoms with Gasteiger partial charge in [0.15, 0.2) is 0 Å². The molecular formula is C17H19BrN2O4. The molecule has 2 unspecified atom stereocenters. The first-order valence-corrected chi connectivity index (χ1v) is 8.79. The van der Waals surface area contributed by atoms with E-state index in [1.54, 1.807) is 4.90 Å². The lowest BCUT2D eigenvalue weighted by molar-refractivity contribution is -0.151. The summed E-state index contributed by atoms with van der Waals surface area (Å²) < 4.78 is 0.796. The first kappa shape index (κ1) is 17.0. The van der Waals surface area contributed by atoms with Crippen LogP contribution in [0, 0.1) is 5.92 Å². The van der Waals surface area contributed by atoms with Crippen LogP contribution >= 0.6 is 15.9 Å². The largest absolute Gasteiger partial charge is 0.480 e. The van der Waals surface area contributed by atoms with E-state index in [1.165, 1.54) is 11.8 Å². The van der Waals surface area contributed by atoms with Crippen LogP contribution in [0.25, 0.3) is 0 Å². The van der Waals surface area contributed by atoms with Crippen LogP contribution in [-0.2, 0) is 14.4 Å². The van der Waals surface area contributed by atoms with Gasteiger partial charge in [0.1, 0.15) is 6.04 Å². The van der Waals surface area contributed by atoms with Crippen LogP contribution in [0.2, 0.25) is 0 Å². The number of aliphatic carboxylic acids is 1. The van der Waals surface area contributed by atoms with E-state index in [9.17, 15) is 19.5 Å². The van der Waals surface area contributed by atoms with Gasteiger partial charge in [0, 0.05) is 23.5 Å². The van der Waals surface area contributed by atoms with Gasteiger partial charge in [-0.2, -0.15) is 0 Å². The molecule has 1 saturated heterocycles. The number of nitrogens with zero attached hydrogens (tertiary/aromatic N) is 2. The lowest BCUT2D eigenvalue weighted by Gasteiger charge is -2.29. The van der Waals surface area contributed by atoms with Crippen molar-refractivity contribution < 1.29 is 19.5 Å². The summed E-state index contributed by atoms with van der Waals surface area (Å²) in [5, 5.41) is 9.26. The van der Waals surface area contributed by atoms with Gasteiger partial charge in [0.2, 0.25) is 11.8 Å². The van der Waals surface area contributed by atoms with Gasteiger partial charge in [-0.15, -0.1) is 0 Å². The maximum absolute atomic E-state index is 12.9. The second kappa shape index (κ2) is 6.55. The average Bonchev–Trinajstić information content (AvgIpc) is 3.29. The van der Waals surface area contributed by atoms with Crippen LogP contribution in [-0.4, -0.2) is 46.4 Å². The number of para-hydroxylation sites is 1. The molecule has 1 N–H and O–H groups in total. The van der Waals surface area contributed by atoms with Crippen LogP contribution in [0.1, 0.15) is 26.2 Å². The Balaban J connectivity index is 1.78. The molecule has 1 aromatic carbocycles. The third kappa shape index (κ3) is 3.17. The second-order valence-corrected chi connectivity index (χ2v) is 7.20. The standard InChI is InChI=1S/C17H19BrN2O4/c1-10(17(23)24)20(12-6-7-12)16(22)11-8-15(21)19(9-11)14-5-3-2-4-13(14)18/h2-5,10-12H,6-9H2,1H3,(H,23,24). The van der Waals surface area contributed by atoms with E-state index in [1.807, 2.05) is 24.3 Å². The molecule has 128 valence electrons. The number of anilines is 1. The van der Waals surface area contributed by atoms with E-state index in [4.69, 9.17) is 0 Å². The highest BCUT2D eigenvalue weighted by Gasteiger charge is 2.44. The molecule has 2 amide bonds. The highest BCUT2D eigenvalue weighted by molar-refractivity contribution is 9.10. The molecule has 0 spiro atoms. The number of carbonyl (C=O) groups is 3. The number of hydrogen-bond acceptors (Lipinski definition) is 3. The fraction of sp³-hybridized carbons (Fsp3) is 0.471. The molecule has 1 saturated carbocycles. The van der Waals surface area contributed by atoms with E-state index in [2.05, 4.69) is 15.9 Å². The molecule has 1 aliphatic carbocycles. The number of hydrogen-bond donors (Lipinski definition) is 1. The molecule has 0 radical (unpaired) electrons. The fourth-order valence-electron chi connectivity index (χ4n) is 3.15. The van der Waals surface area contributed by atoms with Gasteiger partial charge < -0.3 is 14.9 Å². The zero-order chi connectivity index (χ0) is 17.4. The summed E-state index contributed by atoms with van der Waals surface area (Å²) in [6, 6.07) is 6.51. The van der Waals surface area contributed by atoms with E-state index in [0.717, 1.165) is 23.0 Å². The smallest absolute Gasteiger partial charge is 0.326 e. The Morgan fingerprint density at radius 2 is 2.00 bits per heavy atom. The zero-order valence-corrected chi connectivity index (χ0v) is 14.9. The Morgan fingerprint density at radius 3 is 2.58 bits per heavy atom. The number of rotatable bonds is 5. The highest BCUT2D eigenvalue weighted by Crippen LogP contribution is 2.35. The SMILES string of the molecule is CC(C(=O)O)N(C(=O)C1CC(=O)N(c2ccccc2Br)C1)C1CC1. The number of amides is 2. The third-order valence-electron chi connectivity index (χ3n) is 4.59. The summed E-state index contributed by atoms with van der Waals surface area (Å²) in [5.74, 6) is -1.84. The van der Waals surface area contributed by atoms with Crippen LogP contribution in [0.15, 0.2) is 28.7 Å². The molecule has 2 fully saturated rings. The van der Waals surface area contributed by atoms with Gasteiger partial charge in [0.25, 0.3) is 0 Å². The van der Waals surface area contributed by atoms with E-state index >= 15 is 0 Å². The summed E-state index contributed by atoms with van der Waals surface area (Å²) in [4.78, 5) is 39.6. The highest BCUT2D eigenvalue weighted by atomic mass is 79.9. The predicted molar refractivity (Wildman–Crippen MR) is 91.6 cm³/mol. The van der Waals surface area contributed by atoms with Gasteiger partial charge in [-0.1, -0.05) is 12.1 Å². The topological polar surface area (TPSA) is 77.9 Å². The lowest BCUT2D eigenvalue weighted by Crippen LogP contribution is -2.47. The van der Waals surface area contributed by atoms with Crippen molar-refractivity contribution in [1.29, 1.82) is 0 Å². The molecule has 1 heterocycles. The van der Waals surface area contributed by atoms with E-state index in [-0.39, 0.29) is 30.8 Å². The molecule has 24 heavy (non-hydrogen) atoms. The molecule has 6 nitrogen and oxygen atoms in total. The molecular weight excluding hydrogens is 376 g/mol. The van der Waals surface area contributed by atoms with Crippen LogP contribution in [0.4, 0.5) is 5.69 Å². The van der Waals surface area contributed by atoms with Crippen molar-refractivity contribution in [2.75, 3.05) is 11.4 Å². The molecule has 1 aliphatic heterocycles. The van der Waals surface area contributed by atoms with Crippen molar-refractivity contribution in [3.05, 3.63) is 28.7 Å². The quantitative estimate of drug-likeness (QED) is 0.830. The first-order valence-electron chi connectivity index (χ1n) is 8.00. The molecule has 1 aromatic rings. The number of benzene rings is 1. The zero-order valence-electron chi connectivity index (χ0n) is 13.3. The average molecular weight is 395 g/mol. The molecule has 7 heteroatoms. The van der Waals surface area contributed by atoms with Gasteiger partial charge in [0.05, 0.1) is 11.6 Å². The summed E-state index contributed by atoms with van der Waals surface area (Å²) in [5.41, 5.74) is 0.738. The fourth-order valence-corrected chi connectivity index (χ4v) is 3.64. The van der Waals surface area contributed by atoms with E-state index < -0.39 is 17.9 Å². The Labute approximate surface area is 148 Å². The van der Waals surface area contributed by atoms with E-state index in [0.29, 0.717) is 0 Å². The van der Waals surface area contributed by atoms with Crippen molar-refractivity contribution in [2.24, 2.45) is 5.92 Å². The third-order valence-corrected chi connectivity index (χ3v) is 5.26. The van der Waals surface area contributed by atoms with Crippen LogP contribution in [0.3, 0.4) is 0 Å². The Hall–Kier alpha value is -1.89. The molecule has 2 atom stereocenters. The molecule has 3 rings (SSSR count). The van der Waals surface area contributed by atoms with Crippen molar-refractivity contribution in [1.82, 2.24) is 4.90 Å². The summed E-state index contributed by atoms with van der Waals surface area (Å²) in [7, 11) is 0. The number of halogens is 1. The Morgan fingerprint density at radius 1 is 1.33 bits per heavy atom. The summed E-state index contributed by atoms with van der Waals surface area (Å²) >= 11 is 3.43. The molecule has 0 bridgehead atoms. The van der Waals surface area contributed by atoms with Crippen LogP contribution in [0.5, 0.6) is 0 Å². The minimum atomic E-state index is -1.01. The van der Waals surface area contributed by atoms with Crippen molar-refractivity contribution in [3.63, 3.8) is 0 Å². The number of carboxylic acids is 1. The van der Waals surface area contributed by atoms with Gasteiger partial charge in [-0.25, -0.2) is 4.79 Å². The molecule has 2 aliphatic rings. The number of carbonyl (C=O) groups excluding carboxylic acids is 2. The Bertz CT molecular complexity index is 689. The number of carboxylic acid groups (broad SMARTS) is 1. The monoisotopic (exact) mass is 394 g/mol. The predicted octanol–water partition coefficient (Wildman–Crippen LogP) is 2.27. The van der Waals surface area contributed by atoms with Crippen molar-refractivity contribution in [2.45, 2.75) is 38.3 Å². The first-order chi connectivity index (χ1) is 11.4. The molecule has 0 aromatic heterocycles. The Kier molecular flexibility index (Phi) is 4.62.